The molecule has 0 fully saturated rings. The molecule has 0 aromatic heterocycles. The number of hydrogen-bond donors (Lipinski definition) is 1. The summed E-state index contributed by atoms with van der Waals surface area (Å²) in [6.07, 6.45) is -6.07. The maximum absolute atomic E-state index is 11.7. The van der Waals surface area contributed by atoms with Crippen LogP contribution in [0, 0.1) is 0 Å². The molecule has 12 heavy (non-hydrogen) atoms. The lowest BCUT2D eigenvalue weighted by molar-refractivity contribution is -0.137. The lowest BCUT2D eigenvalue weighted by Gasteiger charge is -2.11. The maximum atomic E-state index is 11.7. The molecule has 0 saturated carbocycles. The van der Waals surface area contributed by atoms with Gasteiger partial charge in [0.25, 0.3) is 0 Å². The van der Waals surface area contributed by atoms with Crippen molar-refractivity contribution in [3.8, 4) is 0 Å². The predicted molar refractivity (Wildman–Crippen MR) is 33.5 cm³/mol. The zero-order chi connectivity index (χ0) is 9.99. The van der Waals surface area contributed by atoms with Crippen molar-refractivity contribution in [1.82, 2.24) is 0 Å². The summed E-state index contributed by atoms with van der Waals surface area (Å²) in [5.41, 5.74) is 4.71. The Balaban J connectivity index is 4.00. The first kappa shape index (κ1) is 11.6. The number of hydrogen-bond acceptors (Lipinski definition) is 3. The number of alkyl halides is 3. The second-order valence-corrected chi connectivity index (χ2v) is 3.70. The second kappa shape index (κ2) is 3.56. The van der Waals surface area contributed by atoms with Crippen LogP contribution in [-0.2, 0) is 10.2 Å². The van der Waals surface area contributed by atoms with E-state index in [2.05, 4.69) is 0 Å². The Kier molecular flexibility index (Phi) is 3.45. The molecule has 0 aliphatic rings. The normalized spacial score (nSPS) is 16.1. The number of rotatable bonds is 3. The summed E-state index contributed by atoms with van der Waals surface area (Å²) >= 11 is 0. The van der Waals surface area contributed by atoms with Gasteiger partial charge in [0.15, 0.2) is 0 Å². The van der Waals surface area contributed by atoms with Gasteiger partial charge in [0.1, 0.15) is 0 Å². The zero-order valence-corrected chi connectivity index (χ0v) is 6.62. The van der Waals surface area contributed by atoms with E-state index in [1.165, 1.54) is 0 Å². The highest BCUT2D eigenvalue weighted by Crippen LogP contribution is 2.21. The topological polar surface area (TPSA) is 60.2 Å². The first-order chi connectivity index (χ1) is 5.10. The van der Waals surface area contributed by atoms with Crippen molar-refractivity contribution < 1.29 is 25.5 Å². The summed E-state index contributed by atoms with van der Waals surface area (Å²) in [5, 5.41) is 0. The van der Waals surface area contributed by atoms with Gasteiger partial charge in [-0.1, -0.05) is 0 Å². The molecule has 0 radical (unpaired) electrons. The minimum Gasteiger partial charge on any atom is -0.326 e. The van der Waals surface area contributed by atoms with Crippen molar-refractivity contribution in [2.75, 3.05) is 5.75 Å². The maximum Gasteiger partial charge on any atom is 0.390 e. The van der Waals surface area contributed by atoms with E-state index < -0.39 is 34.6 Å². The molecule has 1 atom stereocenters. The molecular weight excluding hydrogens is 202 g/mol. The molecule has 3 nitrogen and oxygen atoms in total. The van der Waals surface area contributed by atoms with Gasteiger partial charge in [-0.3, -0.25) is 0 Å². The third-order valence-corrected chi connectivity index (χ3v) is 1.73. The van der Waals surface area contributed by atoms with Crippen LogP contribution in [0.15, 0.2) is 0 Å². The average molecular weight is 209 g/mol. The Morgan fingerprint density at radius 1 is 1.33 bits per heavy atom. The molecule has 0 amide bonds. The Labute approximate surface area is 66.8 Å². The molecule has 74 valence electrons. The minimum atomic E-state index is -4.92. The van der Waals surface area contributed by atoms with Crippen LogP contribution in [0.5, 0.6) is 0 Å². The summed E-state index contributed by atoms with van der Waals surface area (Å²) in [6.45, 7) is 0. The first-order valence-electron chi connectivity index (χ1n) is 2.85. The van der Waals surface area contributed by atoms with E-state index in [9.17, 15) is 25.5 Å². The number of halogens is 4. The van der Waals surface area contributed by atoms with Crippen molar-refractivity contribution in [2.45, 2.75) is 18.6 Å². The van der Waals surface area contributed by atoms with Crippen molar-refractivity contribution >= 4 is 10.2 Å². The molecule has 0 heterocycles. The summed E-state index contributed by atoms with van der Waals surface area (Å²) < 4.78 is 65.8. The molecule has 0 aliphatic heterocycles. The van der Waals surface area contributed by atoms with Crippen LogP contribution in [0.4, 0.5) is 17.1 Å². The summed E-state index contributed by atoms with van der Waals surface area (Å²) in [7, 11) is -4.92. The lowest BCUT2D eigenvalue weighted by atomic mass is 10.2. The third kappa shape index (κ3) is 7.73. The van der Waals surface area contributed by atoms with Gasteiger partial charge in [-0.05, 0) is 0 Å². The molecule has 0 saturated heterocycles. The molecule has 0 bridgehead atoms. The molecule has 0 aromatic carbocycles. The highest BCUT2D eigenvalue weighted by Gasteiger charge is 2.32. The van der Waals surface area contributed by atoms with Crippen LogP contribution in [0.1, 0.15) is 6.42 Å². The highest BCUT2D eigenvalue weighted by atomic mass is 32.3. The fraction of sp³-hybridized carbons (Fsp3) is 1.00. The van der Waals surface area contributed by atoms with Gasteiger partial charge >= 0.3 is 16.4 Å². The van der Waals surface area contributed by atoms with Crippen molar-refractivity contribution in [1.29, 1.82) is 0 Å². The fourth-order valence-corrected chi connectivity index (χ4v) is 1.24. The van der Waals surface area contributed by atoms with Crippen molar-refractivity contribution in [3.05, 3.63) is 0 Å². The first-order valence-corrected chi connectivity index (χ1v) is 4.40. The van der Waals surface area contributed by atoms with Gasteiger partial charge in [0.2, 0.25) is 0 Å². The van der Waals surface area contributed by atoms with E-state index in [1.807, 2.05) is 0 Å². The molecular formula is C4H7F4NO2S. The minimum absolute atomic E-state index is 1.30. The van der Waals surface area contributed by atoms with Crippen LogP contribution < -0.4 is 5.73 Å². The lowest BCUT2D eigenvalue weighted by Crippen LogP contribution is -2.33. The second-order valence-electron chi connectivity index (χ2n) is 2.28. The van der Waals surface area contributed by atoms with E-state index in [-0.39, 0.29) is 0 Å². The number of nitrogens with two attached hydrogens (primary N) is 1. The Bertz CT molecular complexity index is 234. The van der Waals surface area contributed by atoms with E-state index >= 15 is 0 Å². The van der Waals surface area contributed by atoms with Gasteiger partial charge in [-0.15, -0.1) is 3.89 Å². The molecule has 2 N–H and O–H groups in total. The molecule has 0 spiro atoms. The van der Waals surface area contributed by atoms with Gasteiger partial charge in [-0.25, -0.2) is 0 Å². The van der Waals surface area contributed by atoms with E-state index in [4.69, 9.17) is 5.73 Å². The van der Waals surface area contributed by atoms with Gasteiger partial charge in [-0.2, -0.15) is 21.6 Å². The largest absolute Gasteiger partial charge is 0.390 e. The van der Waals surface area contributed by atoms with Gasteiger partial charge in [0, 0.05) is 6.04 Å². The van der Waals surface area contributed by atoms with Crippen LogP contribution in [0.25, 0.3) is 0 Å². The Morgan fingerprint density at radius 3 is 2.00 bits per heavy atom. The van der Waals surface area contributed by atoms with Crippen LogP contribution in [0.2, 0.25) is 0 Å². The smallest absolute Gasteiger partial charge is 0.326 e. The van der Waals surface area contributed by atoms with E-state index in [1.54, 1.807) is 0 Å². The monoisotopic (exact) mass is 209 g/mol. The van der Waals surface area contributed by atoms with Crippen LogP contribution in [0.3, 0.4) is 0 Å². The molecule has 0 aliphatic carbocycles. The van der Waals surface area contributed by atoms with Gasteiger partial charge < -0.3 is 5.73 Å². The predicted octanol–water partition coefficient (Wildman–Crippen LogP) is 0.565. The highest BCUT2D eigenvalue weighted by molar-refractivity contribution is 7.86. The van der Waals surface area contributed by atoms with Crippen molar-refractivity contribution in [3.63, 3.8) is 0 Å². The van der Waals surface area contributed by atoms with Crippen molar-refractivity contribution in [2.24, 2.45) is 5.73 Å². The third-order valence-electron chi connectivity index (χ3n) is 0.907. The van der Waals surface area contributed by atoms with Crippen LogP contribution in [-0.4, -0.2) is 26.4 Å². The van der Waals surface area contributed by atoms with Crippen LogP contribution >= 0.6 is 0 Å². The summed E-state index contributed by atoms with van der Waals surface area (Å²) in [4.78, 5) is 0. The average Bonchev–Trinajstić information content (AvgIpc) is 1.49. The van der Waals surface area contributed by atoms with Gasteiger partial charge in [0.05, 0.1) is 12.2 Å². The molecule has 0 rings (SSSR count). The quantitative estimate of drug-likeness (QED) is 0.546. The Hall–Kier alpha value is -0.370. The summed E-state index contributed by atoms with van der Waals surface area (Å²) in [5.74, 6) is -1.30. The SMILES string of the molecule is NC(CC(F)(F)F)CS(=O)(=O)F. The summed E-state index contributed by atoms with van der Waals surface area (Å²) in [6, 6.07) is -1.74. The van der Waals surface area contributed by atoms with E-state index in [0.717, 1.165) is 0 Å². The molecule has 0 aromatic rings. The van der Waals surface area contributed by atoms with E-state index in [0.29, 0.717) is 0 Å². The molecule has 1 unspecified atom stereocenters. The molecule has 8 heteroatoms. The zero-order valence-electron chi connectivity index (χ0n) is 5.81. The Morgan fingerprint density at radius 2 is 1.75 bits per heavy atom. The standard InChI is InChI=1S/C4H7F4NO2S/c5-4(6,7)1-3(9)2-12(8,10)11/h3H,1-2,9H2. The fourth-order valence-electron chi connectivity index (χ4n) is 0.612.